The lowest BCUT2D eigenvalue weighted by molar-refractivity contribution is 1.35. The molecule has 0 radical (unpaired) electrons. The van der Waals surface area contributed by atoms with Gasteiger partial charge in [-0.1, -0.05) is 48.5 Å². The van der Waals surface area contributed by atoms with Crippen molar-refractivity contribution in [3.8, 4) is 28.6 Å². The largest absolute Gasteiger partial charge is 0.254 e. The Morgan fingerprint density at radius 3 is 1.89 bits per heavy atom. The van der Waals surface area contributed by atoms with Crippen LogP contribution in [-0.4, -0.2) is 19.9 Å². The summed E-state index contributed by atoms with van der Waals surface area (Å²) < 4.78 is 0. The van der Waals surface area contributed by atoms with Crippen molar-refractivity contribution in [3.63, 3.8) is 0 Å². The smallest absolute Gasteiger partial charge is 0.0999 e. The summed E-state index contributed by atoms with van der Waals surface area (Å²) in [5.74, 6) is 0. The Balaban J connectivity index is 1.38. The van der Waals surface area contributed by atoms with Crippen LogP contribution in [0.15, 0.2) is 103 Å². The van der Waals surface area contributed by atoms with Crippen molar-refractivity contribution in [2.24, 2.45) is 0 Å². The second-order valence-electron chi connectivity index (χ2n) is 8.69. The van der Waals surface area contributed by atoms with Gasteiger partial charge in [0.25, 0.3) is 0 Å². The molecule has 0 saturated heterocycles. The third-order valence-corrected chi connectivity index (χ3v) is 6.56. The third-order valence-electron chi connectivity index (χ3n) is 6.56. The minimum Gasteiger partial charge on any atom is -0.254 e. The van der Waals surface area contributed by atoms with Crippen LogP contribution in [0.25, 0.3) is 66.1 Å². The van der Waals surface area contributed by atoms with Crippen LogP contribution >= 0.6 is 0 Å². The summed E-state index contributed by atoms with van der Waals surface area (Å²) in [6, 6.07) is 32.5. The summed E-state index contributed by atoms with van der Waals surface area (Å²) in [5, 5.41) is 13.4. The number of fused-ring (bicyclic) bond motifs is 6. The molecule has 7 aromatic rings. The van der Waals surface area contributed by atoms with E-state index in [9.17, 15) is 5.26 Å². The van der Waals surface area contributed by atoms with Gasteiger partial charge < -0.3 is 0 Å². The van der Waals surface area contributed by atoms with Crippen LogP contribution in [0.3, 0.4) is 0 Å². The number of pyridine rings is 4. The predicted molar refractivity (Wildman–Crippen MR) is 143 cm³/mol. The number of hydrogen-bond acceptors (Lipinski definition) is 5. The summed E-state index contributed by atoms with van der Waals surface area (Å²) in [6.07, 6.45) is 3.54. The summed E-state index contributed by atoms with van der Waals surface area (Å²) >= 11 is 0. The molecule has 0 saturated carbocycles. The lowest BCUT2D eigenvalue weighted by Crippen LogP contribution is -1.92. The maximum atomic E-state index is 9.58. The highest BCUT2D eigenvalue weighted by Gasteiger charge is 2.12. The van der Waals surface area contributed by atoms with Crippen molar-refractivity contribution >= 4 is 43.6 Å². The molecule has 0 amide bonds. The van der Waals surface area contributed by atoms with E-state index in [0.717, 1.165) is 66.1 Å². The van der Waals surface area contributed by atoms with Gasteiger partial charge in [-0.15, -0.1) is 0 Å². The van der Waals surface area contributed by atoms with Crippen molar-refractivity contribution in [1.29, 1.82) is 5.26 Å². The number of aromatic nitrogens is 4. The molecule has 0 aliphatic carbocycles. The van der Waals surface area contributed by atoms with Crippen LogP contribution in [0, 0.1) is 11.3 Å². The second kappa shape index (κ2) is 7.93. The average Bonchev–Trinajstić information content (AvgIpc) is 2.96. The quantitative estimate of drug-likeness (QED) is 0.258. The second-order valence-corrected chi connectivity index (χ2v) is 8.69. The molecule has 0 fully saturated rings. The van der Waals surface area contributed by atoms with E-state index >= 15 is 0 Å². The summed E-state index contributed by atoms with van der Waals surface area (Å²) in [4.78, 5) is 19.1. The fourth-order valence-electron chi connectivity index (χ4n) is 4.80. The molecule has 166 valence electrons. The van der Waals surface area contributed by atoms with Crippen molar-refractivity contribution in [2.75, 3.05) is 0 Å². The molecule has 0 unspecified atom stereocenters. The number of nitriles is 1. The Kier molecular flexibility index (Phi) is 4.45. The van der Waals surface area contributed by atoms with Crippen molar-refractivity contribution in [2.45, 2.75) is 0 Å². The van der Waals surface area contributed by atoms with Gasteiger partial charge in [0, 0.05) is 45.1 Å². The summed E-state index contributed by atoms with van der Waals surface area (Å²) in [7, 11) is 0. The van der Waals surface area contributed by atoms with Gasteiger partial charge in [0.15, 0.2) is 0 Å². The first kappa shape index (κ1) is 20.2. The lowest BCUT2D eigenvalue weighted by Gasteiger charge is -2.09. The topological polar surface area (TPSA) is 75.3 Å². The molecule has 5 nitrogen and oxygen atoms in total. The maximum Gasteiger partial charge on any atom is 0.0999 e. The van der Waals surface area contributed by atoms with Gasteiger partial charge in [0.05, 0.1) is 45.1 Å². The molecule has 0 spiro atoms. The van der Waals surface area contributed by atoms with E-state index in [1.165, 1.54) is 0 Å². The minimum atomic E-state index is 0.603. The van der Waals surface area contributed by atoms with Gasteiger partial charge in [-0.2, -0.15) is 5.26 Å². The summed E-state index contributed by atoms with van der Waals surface area (Å²) in [6.45, 7) is 0. The van der Waals surface area contributed by atoms with Gasteiger partial charge in [0.1, 0.15) is 0 Å². The van der Waals surface area contributed by atoms with Gasteiger partial charge in [0.2, 0.25) is 0 Å². The van der Waals surface area contributed by atoms with E-state index in [2.05, 4.69) is 58.5 Å². The van der Waals surface area contributed by atoms with Gasteiger partial charge in [-0.05, 0) is 42.5 Å². The number of rotatable bonds is 2. The van der Waals surface area contributed by atoms with Crippen LogP contribution in [0.1, 0.15) is 5.56 Å². The molecule has 5 heteroatoms. The molecule has 0 atom stereocenters. The van der Waals surface area contributed by atoms with E-state index in [1.807, 2.05) is 48.5 Å². The average molecular weight is 460 g/mol. The Morgan fingerprint density at radius 2 is 1.14 bits per heavy atom. The molecule has 4 aromatic heterocycles. The first-order chi connectivity index (χ1) is 17.8. The number of hydrogen-bond donors (Lipinski definition) is 0. The van der Waals surface area contributed by atoms with Gasteiger partial charge in [-0.25, -0.2) is 9.97 Å². The molecule has 7 rings (SSSR count). The van der Waals surface area contributed by atoms with Crippen LogP contribution in [-0.2, 0) is 0 Å². The Morgan fingerprint density at radius 1 is 0.528 bits per heavy atom. The van der Waals surface area contributed by atoms with E-state index in [1.54, 1.807) is 12.4 Å². The summed E-state index contributed by atoms with van der Waals surface area (Å²) in [5.41, 5.74) is 7.64. The van der Waals surface area contributed by atoms with Crippen molar-refractivity contribution in [1.82, 2.24) is 19.9 Å². The number of benzene rings is 3. The van der Waals surface area contributed by atoms with E-state index in [4.69, 9.17) is 9.97 Å². The fourth-order valence-corrected chi connectivity index (χ4v) is 4.80. The van der Waals surface area contributed by atoms with E-state index in [0.29, 0.717) is 5.56 Å². The Hall–Kier alpha value is -5.21. The zero-order valence-electron chi connectivity index (χ0n) is 19.1. The highest BCUT2D eigenvalue weighted by Crippen LogP contribution is 2.31. The zero-order valence-corrected chi connectivity index (χ0v) is 19.1. The minimum absolute atomic E-state index is 0.603. The standard InChI is InChI=1S/C31H17N5/c32-18-24-17-23-11-13-27(36-30(23)31-25(24)7-3-15-34-31)22-5-1-4-21(16-22)26-12-10-20-9-8-19-6-2-14-33-28(19)29(20)35-26/h1-17H. The third kappa shape index (κ3) is 3.17. The molecule has 0 N–H and O–H groups in total. The highest BCUT2D eigenvalue weighted by molar-refractivity contribution is 6.06. The fraction of sp³-hybridized carbons (Fsp3) is 0. The van der Waals surface area contributed by atoms with Crippen LogP contribution in [0.5, 0.6) is 0 Å². The van der Waals surface area contributed by atoms with Crippen LogP contribution < -0.4 is 0 Å². The highest BCUT2D eigenvalue weighted by atomic mass is 14.8. The molecule has 4 heterocycles. The SMILES string of the molecule is N#Cc1cc2ccc(-c3cccc(-c4ccc5ccc6cccnc6c5n4)c3)nc2c2ncccc12. The lowest BCUT2D eigenvalue weighted by atomic mass is 10.0. The molecule has 0 aliphatic rings. The van der Waals surface area contributed by atoms with Crippen molar-refractivity contribution in [3.05, 3.63) is 109 Å². The first-order valence-corrected chi connectivity index (χ1v) is 11.6. The van der Waals surface area contributed by atoms with Crippen LogP contribution in [0.2, 0.25) is 0 Å². The van der Waals surface area contributed by atoms with Crippen molar-refractivity contribution < 1.29 is 0 Å². The molecular formula is C31H17N5. The first-order valence-electron chi connectivity index (χ1n) is 11.6. The maximum absolute atomic E-state index is 9.58. The molecule has 3 aromatic carbocycles. The molecular weight excluding hydrogens is 442 g/mol. The Bertz CT molecular complexity index is 2020. The predicted octanol–water partition coefficient (Wildman–Crippen LogP) is 7.09. The van der Waals surface area contributed by atoms with E-state index in [-0.39, 0.29) is 0 Å². The van der Waals surface area contributed by atoms with Gasteiger partial charge >= 0.3 is 0 Å². The van der Waals surface area contributed by atoms with E-state index < -0.39 is 0 Å². The molecule has 36 heavy (non-hydrogen) atoms. The number of nitrogens with zero attached hydrogens (tertiary/aromatic N) is 5. The monoisotopic (exact) mass is 459 g/mol. The van der Waals surface area contributed by atoms with Crippen LogP contribution in [0.4, 0.5) is 0 Å². The van der Waals surface area contributed by atoms with Gasteiger partial charge in [-0.3, -0.25) is 9.97 Å². The normalized spacial score (nSPS) is 11.3. The Labute approximate surface area is 206 Å². The molecule has 0 aliphatic heterocycles. The zero-order chi connectivity index (χ0) is 24.1. The molecule has 0 bridgehead atoms.